The number of para-hydroxylation sites is 1. The van der Waals surface area contributed by atoms with Gasteiger partial charge >= 0.3 is 0 Å². The van der Waals surface area contributed by atoms with Gasteiger partial charge in [0, 0.05) is 35.8 Å². The molecule has 2 atom stereocenters. The quantitative estimate of drug-likeness (QED) is 0.340. The highest BCUT2D eigenvalue weighted by Gasteiger charge is 2.38. The molecule has 0 spiro atoms. The third kappa shape index (κ3) is 4.41. The van der Waals surface area contributed by atoms with E-state index in [0.717, 1.165) is 17.7 Å². The molecule has 0 bridgehead atoms. The van der Waals surface area contributed by atoms with E-state index in [0.29, 0.717) is 24.1 Å². The van der Waals surface area contributed by atoms with Crippen LogP contribution in [0.5, 0.6) is 0 Å². The predicted molar refractivity (Wildman–Crippen MR) is 132 cm³/mol. The van der Waals surface area contributed by atoms with Gasteiger partial charge in [-0.25, -0.2) is 0 Å². The molecule has 1 heterocycles. The van der Waals surface area contributed by atoms with Crippen LogP contribution in [-0.2, 0) is 4.79 Å². The maximum absolute atomic E-state index is 13.8. The number of fused-ring (bicyclic) bond motifs is 1. The minimum absolute atomic E-state index is 0.0529. The number of carbonyl (C=O) groups excluding carboxylic acids is 2. The van der Waals surface area contributed by atoms with Crippen LogP contribution in [0.1, 0.15) is 55.1 Å². The molecular formula is C27H27N3O4. The standard InChI is InChI=1S/C27H27N3O4/c1-3-10-26(31)28-19(2)17-25(23-15-7-8-16-24(23)28)29(27(32)20-11-5-4-6-12-20)21-13-9-14-22(18-21)30(33)34/h4-9,11-16,18-19,25H,3,10,17H2,1-2H3/t19-,25+/m1/s1. The SMILES string of the molecule is CCCC(=O)N1c2ccccc2[C@@H](N(C(=O)c2ccccc2)c2cccc([N+](=O)[O-])c2)C[C@H]1C. The average Bonchev–Trinajstić information content (AvgIpc) is 2.85. The topological polar surface area (TPSA) is 83.8 Å². The number of hydrogen-bond donors (Lipinski definition) is 0. The van der Waals surface area contributed by atoms with E-state index in [9.17, 15) is 19.7 Å². The summed E-state index contributed by atoms with van der Waals surface area (Å²) in [5.74, 6) is -0.196. The van der Waals surface area contributed by atoms with Crippen molar-refractivity contribution in [1.29, 1.82) is 0 Å². The van der Waals surface area contributed by atoms with Gasteiger partial charge in [-0.3, -0.25) is 19.7 Å². The van der Waals surface area contributed by atoms with Crippen LogP contribution in [0, 0.1) is 10.1 Å². The summed E-state index contributed by atoms with van der Waals surface area (Å²) in [4.78, 5) is 41.3. The smallest absolute Gasteiger partial charge is 0.271 e. The Morgan fingerprint density at radius 1 is 1.03 bits per heavy atom. The van der Waals surface area contributed by atoms with Gasteiger partial charge in [0.2, 0.25) is 5.91 Å². The number of rotatable bonds is 6. The van der Waals surface area contributed by atoms with E-state index >= 15 is 0 Å². The van der Waals surface area contributed by atoms with Gasteiger partial charge in [-0.15, -0.1) is 0 Å². The first-order valence-corrected chi connectivity index (χ1v) is 11.5. The summed E-state index contributed by atoms with van der Waals surface area (Å²) < 4.78 is 0. The van der Waals surface area contributed by atoms with Crippen LogP contribution in [-0.4, -0.2) is 22.8 Å². The first-order valence-electron chi connectivity index (χ1n) is 11.5. The Balaban J connectivity index is 1.87. The number of nitro groups is 1. The van der Waals surface area contributed by atoms with E-state index < -0.39 is 11.0 Å². The summed E-state index contributed by atoms with van der Waals surface area (Å²) in [5, 5.41) is 11.5. The van der Waals surface area contributed by atoms with Gasteiger partial charge in [-0.05, 0) is 49.6 Å². The number of anilines is 2. The van der Waals surface area contributed by atoms with Gasteiger partial charge in [0.15, 0.2) is 0 Å². The fourth-order valence-electron chi connectivity index (χ4n) is 4.66. The lowest BCUT2D eigenvalue weighted by atomic mass is 9.89. The molecule has 0 aliphatic carbocycles. The maximum atomic E-state index is 13.8. The molecule has 174 valence electrons. The maximum Gasteiger partial charge on any atom is 0.271 e. The van der Waals surface area contributed by atoms with E-state index in [1.165, 1.54) is 12.1 Å². The molecule has 0 saturated carbocycles. The molecule has 3 aromatic rings. The summed E-state index contributed by atoms with van der Waals surface area (Å²) in [7, 11) is 0. The van der Waals surface area contributed by atoms with Crippen LogP contribution >= 0.6 is 0 Å². The predicted octanol–water partition coefficient (Wildman–Crippen LogP) is 5.91. The lowest BCUT2D eigenvalue weighted by Crippen LogP contribution is -2.47. The fraction of sp³-hybridized carbons (Fsp3) is 0.259. The third-order valence-electron chi connectivity index (χ3n) is 6.16. The monoisotopic (exact) mass is 457 g/mol. The van der Waals surface area contributed by atoms with E-state index in [1.807, 2.05) is 49.1 Å². The Hall–Kier alpha value is -4.00. The number of nitro benzene ring substituents is 1. The van der Waals surface area contributed by atoms with Crippen molar-refractivity contribution in [1.82, 2.24) is 0 Å². The Labute approximate surface area is 198 Å². The second-order valence-electron chi connectivity index (χ2n) is 8.49. The second-order valence-corrected chi connectivity index (χ2v) is 8.49. The molecule has 0 fully saturated rings. The van der Waals surface area contributed by atoms with Gasteiger partial charge in [-0.2, -0.15) is 0 Å². The van der Waals surface area contributed by atoms with Crippen LogP contribution in [0.25, 0.3) is 0 Å². The number of hydrogen-bond acceptors (Lipinski definition) is 4. The molecule has 3 aromatic carbocycles. The molecule has 0 unspecified atom stereocenters. The molecular weight excluding hydrogens is 430 g/mol. The normalized spacial score (nSPS) is 17.1. The molecule has 7 nitrogen and oxygen atoms in total. The van der Waals surface area contributed by atoms with Gasteiger partial charge < -0.3 is 9.80 Å². The number of benzene rings is 3. The van der Waals surface area contributed by atoms with Gasteiger partial charge in [0.05, 0.1) is 16.7 Å². The van der Waals surface area contributed by atoms with Crippen LogP contribution < -0.4 is 9.80 Å². The second kappa shape index (κ2) is 9.87. The van der Waals surface area contributed by atoms with Crippen molar-refractivity contribution in [2.45, 2.75) is 45.2 Å². The van der Waals surface area contributed by atoms with Crippen molar-refractivity contribution in [2.75, 3.05) is 9.80 Å². The number of nitrogens with zero attached hydrogens (tertiary/aromatic N) is 3. The largest absolute Gasteiger partial charge is 0.309 e. The lowest BCUT2D eigenvalue weighted by molar-refractivity contribution is -0.384. The van der Waals surface area contributed by atoms with Crippen molar-refractivity contribution in [2.24, 2.45) is 0 Å². The molecule has 0 N–H and O–H groups in total. The first-order chi connectivity index (χ1) is 16.4. The zero-order valence-corrected chi connectivity index (χ0v) is 19.3. The fourth-order valence-corrected chi connectivity index (χ4v) is 4.66. The van der Waals surface area contributed by atoms with E-state index in [-0.39, 0.29) is 23.5 Å². The summed E-state index contributed by atoms with van der Waals surface area (Å²) in [6.07, 6.45) is 1.70. The lowest BCUT2D eigenvalue weighted by Gasteiger charge is -2.43. The van der Waals surface area contributed by atoms with Gasteiger partial charge in [0.25, 0.3) is 11.6 Å². The van der Waals surface area contributed by atoms with Crippen molar-refractivity contribution in [3.05, 3.63) is 100 Å². The average molecular weight is 458 g/mol. The van der Waals surface area contributed by atoms with Gasteiger partial charge in [-0.1, -0.05) is 49.4 Å². The molecule has 34 heavy (non-hydrogen) atoms. The van der Waals surface area contributed by atoms with Gasteiger partial charge in [0.1, 0.15) is 0 Å². The molecule has 0 aromatic heterocycles. The van der Waals surface area contributed by atoms with Crippen molar-refractivity contribution in [3.8, 4) is 0 Å². The van der Waals surface area contributed by atoms with Crippen LogP contribution in [0.15, 0.2) is 78.9 Å². The molecule has 1 aliphatic rings. The van der Waals surface area contributed by atoms with E-state index in [2.05, 4.69) is 0 Å². The number of non-ortho nitro benzene ring substituents is 1. The van der Waals surface area contributed by atoms with E-state index in [4.69, 9.17) is 0 Å². The molecule has 4 rings (SSSR count). The van der Waals surface area contributed by atoms with Crippen LogP contribution in [0.3, 0.4) is 0 Å². The summed E-state index contributed by atoms with van der Waals surface area (Å²) in [6.45, 7) is 3.96. The summed E-state index contributed by atoms with van der Waals surface area (Å²) >= 11 is 0. The van der Waals surface area contributed by atoms with Crippen molar-refractivity contribution < 1.29 is 14.5 Å². The highest BCUT2D eigenvalue weighted by molar-refractivity contribution is 6.07. The molecule has 7 heteroatoms. The first kappa shape index (κ1) is 23.2. The zero-order chi connectivity index (χ0) is 24.2. The van der Waals surface area contributed by atoms with Crippen molar-refractivity contribution >= 4 is 28.9 Å². The Morgan fingerprint density at radius 2 is 1.74 bits per heavy atom. The van der Waals surface area contributed by atoms with Crippen LogP contribution in [0.4, 0.5) is 17.1 Å². The highest BCUT2D eigenvalue weighted by atomic mass is 16.6. The zero-order valence-electron chi connectivity index (χ0n) is 19.3. The number of amides is 2. The Bertz CT molecular complexity index is 1210. The molecule has 0 radical (unpaired) electrons. The third-order valence-corrected chi connectivity index (χ3v) is 6.16. The molecule has 2 amide bonds. The van der Waals surface area contributed by atoms with Crippen molar-refractivity contribution in [3.63, 3.8) is 0 Å². The van der Waals surface area contributed by atoms with E-state index in [1.54, 1.807) is 41.3 Å². The molecule has 0 saturated heterocycles. The Morgan fingerprint density at radius 3 is 2.44 bits per heavy atom. The minimum atomic E-state index is -0.461. The number of carbonyl (C=O) groups is 2. The summed E-state index contributed by atoms with van der Waals surface area (Å²) in [5.41, 5.74) is 2.48. The highest BCUT2D eigenvalue weighted by Crippen LogP contribution is 2.43. The Kier molecular flexibility index (Phi) is 6.72. The minimum Gasteiger partial charge on any atom is -0.309 e. The summed E-state index contributed by atoms with van der Waals surface area (Å²) in [6, 6.07) is 22.1. The van der Waals surface area contributed by atoms with Crippen LogP contribution in [0.2, 0.25) is 0 Å². The molecule has 1 aliphatic heterocycles.